The number of carbonyl (C=O) groups is 3. The van der Waals surface area contributed by atoms with Crippen molar-refractivity contribution < 1.29 is 58.9 Å². The molecule has 2 atom stereocenters. The van der Waals surface area contributed by atoms with Crippen LogP contribution in [0.3, 0.4) is 0 Å². The normalized spacial score (nSPS) is 12.8. The predicted molar refractivity (Wildman–Crippen MR) is 103 cm³/mol. The van der Waals surface area contributed by atoms with Gasteiger partial charge in [0, 0.05) is 6.07 Å². The van der Waals surface area contributed by atoms with Crippen LogP contribution in [0.2, 0.25) is 0 Å². The molecule has 0 fully saturated rings. The lowest BCUT2D eigenvalue weighted by atomic mass is 10.2. The van der Waals surface area contributed by atoms with E-state index >= 15 is 0 Å². The quantitative estimate of drug-likeness (QED) is 0.245. The van der Waals surface area contributed by atoms with E-state index in [9.17, 15) is 29.7 Å². The third-order valence-electron chi connectivity index (χ3n) is 4.17. The van der Waals surface area contributed by atoms with Crippen molar-refractivity contribution in [2.24, 2.45) is 0 Å². The monoisotopic (exact) mass is 456 g/mol. The SMILES string of the molecule is COc1cn2c(C(=O)OCC(O)CO)c(C(=O)OCC(O)CO)[c]c2c(OC)c1C(=O)O. The van der Waals surface area contributed by atoms with Gasteiger partial charge in [-0.2, -0.15) is 0 Å². The maximum Gasteiger partial charge on any atom is 0.356 e. The van der Waals surface area contributed by atoms with E-state index in [1.54, 1.807) is 0 Å². The molecule has 2 heterocycles. The van der Waals surface area contributed by atoms with Crippen molar-refractivity contribution >= 4 is 23.4 Å². The lowest BCUT2D eigenvalue weighted by molar-refractivity contribution is 0.00605. The Morgan fingerprint density at radius 1 is 1.00 bits per heavy atom. The topological polar surface area (TPSA) is 194 Å². The number of ether oxygens (including phenoxy) is 4. The number of aromatic nitrogens is 1. The van der Waals surface area contributed by atoms with Gasteiger partial charge in [-0.15, -0.1) is 0 Å². The number of carboxylic acid groups (broad SMARTS) is 1. The Morgan fingerprint density at radius 3 is 2.03 bits per heavy atom. The molecule has 2 rings (SSSR count). The molecule has 1 radical (unpaired) electrons. The van der Waals surface area contributed by atoms with Crippen LogP contribution >= 0.6 is 0 Å². The van der Waals surface area contributed by atoms with Gasteiger partial charge in [0.15, 0.2) is 11.5 Å². The summed E-state index contributed by atoms with van der Waals surface area (Å²) >= 11 is 0. The minimum Gasteiger partial charge on any atom is -0.494 e. The average molecular weight is 456 g/mol. The summed E-state index contributed by atoms with van der Waals surface area (Å²) in [4.78, 5) is 37.0. The minimum atomic E-state index is -1.42. The van der Waals surface area contributed by atoms with Gasteiger partial charge in [0.25, 0.3) is 0 Å². The highest BCUT2D eigenvalue weighted by atomic mass is 16.6. The molecule has 0 amide bonds. The molecule has 32 heavy (non-hydrogen) atoms. The maximum absolute atomic E-state index is 12.7. The van der Waals surface area contributed by atoms with Crippen molar-refractivity contribution in [3.05, 3.63) is 29.1 Å². The number of fused-ring (bicyclic) bond motifs is 1. The number of carbonyl (C=O) groups excluding carboxylic acids is 2. The average Bonchev–Trinajstić information content (AvgIpc) is 3.18. The fourth-order valence-electron chi connectivity index (χ4n) is 2.67. The first kappa shape index (κ1) is 24.9. The van der Waals surface area contributed by atoms with E-state index in [1.165, 1.54) is 7.11 Å². The van der Waals surface area contributed by atoms with Crippen LogP contribution in [0.5, 0.6) is 11.5 Å². The van der Waals surface area contributed by atoms with E-state index < -0.39 is 73.4 Å². The molecule has 13 nitrogen and oxygen atoms in total. The van der Waals surface area contributed by atoms with Gasteiger partial charge in [-0.1, -0.05) is 0 Å². The number of pyridine rings is 1. The molecule has 0 spiro atoms. The summed E-state index contributed by atoms with van der Waals surface area (Å²) in [5.41, 5.74) is -1.51. The van der Waals surface area contributed by atoms with Crippen LogP contribution in [0.1, 0.15) is 31.2 Å². The van der Waals surface area contributed by atoms with Gasteiger partial charge in [-0.25, -0.2) is 14.4 Å². The second-order valence-corrected chi connectivity index (χ2v) is 6.35. The summed E-state index contributed by atoms with van der Waals surface area (Å²) in [6, 6.07) is 2.54. The molecular formula is C19H22NO12. The molecule has 0 aromatic carbocycles. The number of rotatable bonds is 11. The number of hydrogen-bond acceptors (Lipinski definition) is 11. The van der Waals surface area contributed by atoms with Gasteiger partial charge in [0.1, 0.15) is 42.2 Å². The van der Waals surface area contributed by atoms with E-state index in [2.05, 4.69) is 6.07 Å². The molecule has 0 aliphatic heterocycles. The summed E-state index contributed by atoms with van der Waals surface area (Å²) in [6.07, 6.45) is -1.66. The van der Waals surface area contributed by atoms with Crippen molar-refractivity contribution in [1.82, 2.24) is 4.40 Å². The molecule has 2 unspecified atom stereocenters. The Kier molecular flexibility index (Phi) is 8.37. The largest absolute Gasteiger partial charge is 0.494 e. The number of carboxylic acids is 1. The fraction of sp³-hybridized carbons (Fsp3) is 0.421. The molecular weight excluding hydrogens is 434 g/mol. The fourth-order valence-corrected chi connectivity index (χ4v) is 2.67. The number of nitrogens with zero attached hydrogens (tertiary/aromatic N) is 1. The standard InChI is InChI=1S/C19H22NO12/c1-29-13-4-20-12(16(30-2)14(13)17(25)26)3-11(18(27)31-7-9(23)5-21)15(20)19(28)32-8-10(24)6-22/h4,9-10,21-24H,5-8H2,1-2H3,(H,25,26). The zero-order valence-corrected chi connectivity index (χ0v) is 17.1. The molecule has 2 aromatic heterocycles. The molecule has 0 aliphatic carbocycles. The van der Waals surface area contributed by atoms with Crippen LogP contribution in [-0.4, -0.2) is 101 Å². The van der Waals surface area contributed by atoms with Crippen LogP contribution in [-0.2, 0) is 9.47 Å². The number of aromatic carboxylic acids is 1. The number of methoxy groups -OCH3 is 2. The first-order valence-corrected chi connectivity index (χ1v) is 9.07. The van der Waals surface area contributed by atoms with E-state index in [0.29, 0.717) is 0 Å². The molecule has 175 valence electrons. The van der Waals surface area contributed by atoms with Gasteiger partial charge in [0.2, 0.25) is 0 Å². The third kappa shape index (κ3) is 5.08. The molecule has 13 heteroatoms. The smallest absolute Gasteiger partial charge is 0.356 e. The van der Waals surface area contributed by atoms with Crippen molar-refractivity contribution in [3.63, 3.8) is 0 Å². The van der Waals surface area contributed by atoms with Crippen molar-refractivity contribution in [3.8, 4) is 11.5 Å². The Morgan fingerprint density at radius 2 is 1.56 bits per heavy atom. The zero-order valence-electron chi connectivity index (χ0n) is 17.1. The Hall–Kier alpha value is -3.39. The summed E-state index contributed by atoms with van der Waals surface area (Å²) < 4.78 is 21.1. The van der Waals surface area contributed by atoms with E-state index in [4.69, 9.17) is 29.2 Å². The number of hydrogen-bond donors (Lipinski definition) is 5. The Balaban J connectivity index is 2.70. The van der Waals surface area contributed by atoms with Gasteiger partial charge < -0.3 is 48.9 Å². The number of aliphatic hydroxyl groups is 4. The molecule has 0 saturated carbocycles. The minimum absolute atomic E-state index is 0.144. The van der Waals surface area contributed by atoms with Crippen LogP contribution < -0.4 is 9.47 Å². The lowest BCUT2D eigenvalue weighted by Crippen LogP contribution is -2.25. The number of esters is 2. The second kappa shape index (κ2) is 10.8. The van der Waals surface area contributed by atoms with Crippen molar-refractivity contribution in [1.29, 1.82) is 0 Å². The summed E-state index contributed by atoms with van der Waals surface area (Å²) in [5, 5.41) is 46.2. The van der Waals surface area contributed by atoms with Crippen LogP contribution in [0, 0.1) is 6.07 Å². The van der Waals surface area contributed by atoms with Crippen molar-refractivity contribution in [2.75, 3.05) is 40.6 Å². The molecule has 5 N–H and O–H groups in total. The first-order valence-electron chi connectivity index (χ1n) is 9.07. The van der Waals surface area contributed by atoms with Crippen LogP contribution in [0.4, 0.5) is 0 Å². The summed E-state index contributed by atoms with van der Waals surface area (Å²) in [5.74, 6) is -4.20. The Labute approximate surface area is 180 Å². The first-order chi connectivity index (χ1) is 15.2. The van der Waals surface area contributed by atoms with Crippen LogP contribution in [0.15, 0.2) is 6.20 Å². The van der Waals surface area contributed by atoms with Crippen LogP contribution in [0.25, 0.3) is 5.52 Å². The molecule has 0 saturated heterocycles. The highest BCUT2D eigenvalue weighted by Gasteiger charge is 2.31. The predicted octanol–water partition coefficient (Wildman–Crippen LogP) is -1.53. The molecule has 0 bridgehead atoms. The van der Waals surface area contributed by atoms with Gasteiger partial charge in [0.05, 0.1) is 39.1 Å². The highest BCUT2D eigenvalue weighted by Crippen LogP contribution is 2.35. The summed E-state index contributed by atoms with van der Waals surface area (Å²) in [7, 11) is 2.34. The van der Waals surface area contributed by atoms with Gasteiger partial charge >= 0.3 is 17.9 Å². The lowest BCUT2D eigenvalue weighted by Gasteiger charge is -2.14. The van der Waals surface area contributed by atoms with E-state index in [1.807, 2.05) is 0 Å². The van der Waals surface area contributed by atoms with Gasteiger partial charge in [-0.3, -0.25) is 0 Å². The molecule has 0 aliphatic rings. The maximum atomic E-state index is 12.7. The Bertz CT molecular complexity index is 998. The second-order valence-electron chi connectivity index (χ2n) is 6.35. The van der Waals surface area contributed by atoms with Gasteiger partial charge in [-0.05, 0) is 0 Å². The van der Waals surface area contributed by atoms with Crippen molar-refractivity contribution in [2.45, 2.75) is 12.2 Å². The zero-order chi connectivity index (χ0) is 24.0. The third-order valence-corrected chi connectivity index (χ3v) is 4.17. The summed E-state index contributed by atoms with van der Waals surface area (Å²) in [6.45, 7) is -2.59. The van der Waals surface area contributed by atoms with E-state index in [-0.39, 0.29) is 17.0 Å². The van der Waals surface area contributed by atoms with E-state index in [0.717, 1.165) is 17.7 Å². The number of aliphatic hydroxyl groups excluding tert-OH is 4. The molecule has 2 aromatic rings. The highest BCUT2D eigenvalue weighted by molar-refractivity contribution is 6.06.